The summed E-state index contributed by atoms with van der Waals surface area (Å²) in [5.41, 5.74) is 0. The maximum absolute atomic E-state index is 11.5. The van der Waals surface area contributed by atoms with Gasteiger partial charge in [-0.2, -0.15) is 0 Å². The zero-order chi connectivity index (χ0) is 14.4. The molecule has 2 amide bonds. The fourth-order valence-corrected chi connectivity index (χ4v) is 2.51. The number of piperidine rings is 1. The third kappa shape index (κ3) is 5.06. The van der Waals surface area contributed by atoms with Gasteiger partial charge in [-0.05, 0) is 25.2 Å². The molecule has 0 aromatic rings. The molecule has 1 heterocycles. The minimum absolute atomic E-state index is 0.00708. The number of hydrogen-bond acceptors (Lipinski definition) is 4. The molecule has 6 heteroatoms. The highest BCUT2D eigenvalue weighted by Gasteiger charge is 2.30. The van der Waals surface area contributed by atoms with E-state index in [-0.39, 0.29) is 24.0 Å². The normalized spacial score (nSPS) is 24.7. The number of nitrogens with one attached hydrogen (secondary N) is 1. The average Bonchev–Trinajstić information content (AvgIpc) is 2.37. The Morgan fingerprint density at radius 1 is 1.47 bits per heavy atom. The van der Waals surface area contributed by atoms with Gasteiger partial charge in [0.25, 0.3) is 0 Å². The lowest BCUT2D eigenvalue weighted by molar-refractivity contribution is -0.131. The van der Waals surface area contributed by atoms with E-state index in [1.165, 1.54) is 14.0 Å². The van der Waals surface area contributed by atoms with Crippen LogP contribution in [0, 0.1) is 5.92 Å². The maximum Gasteiger partial charge on any atom is 0.407 e. The molecule has 0 radical (unpaired) electrons. The molecular formula is C13H24N2O4. The van der Waals surface area contributed by atoms with Gasteiger partial charge in [0.2, 0.25) is 5.91 Å². The van der Waals surface area contributed by atoms with Gasteiger partial charge in [-0.25, -0.2) is 4.79 Å². The zero-order valence-corrected chi connectivity index (χ0v) is 11.9. The SMILES string of the molecule is CCC(O)CC1CC(NC(=O)OC)CN(C(C)=O)C1. The van der Waals surface area contributed by atoms with E-state index in [9.17, 15) is 14.7 Å². The Labute approximate surface area is 114 Å². The molecule has 0 saturated carbocycles. The molecular weight excluding hydrogens is 248 g/mol. The molecule has 0 aliphatic carbocycles. The van der Waals surface area contributed by atoms with Crippen LogP contribution in [0.25, 0.3) is 0 Å². The minimum atomic E-state index is -0.481. The summed E-state index contributed by atoms with van der Waals surface area (Å²) in [6.07, 6.45) is 1.28. The topological polar surface area (TPSA) is 78.9 Å². The van der Waals surface area contributed by atoms with E-state index in [0.29, 0.717) is 25.9 Å². The summed E-state index contributed by atoms with van der Waals surface area (Å²) in [5, 5.41) is 12.5. The van der Waals surface area contributed by atoms with Crippen molar-refractivity contribution in [2.75, 3.05) is 20.2 Å². The van der Waals surface area contributed by atoms with Crippen LogP contribution >= 0.6 is 0 Å². The number of ether oxygens (including phenoxy) is 1. The predicted octanol–water partition coefficient (Wildman–Crippen LogP) is 0.740. The van der Waals surface area contributed by atoms with Crippen molar-refractivity contribution in [2.24, 2.45) is 5.92 Å². The van der Waals surface area contributed by atoms with Crippen LogP contribution in [0.2, 0.25) is 0 Å². The van der Waals surface area contributed by atoms with Crippen LogP contribution in [0.1, 0.15) is 33.1 Å². The van der Waals surface area contributed by atoms with Crippen LogP contribution in [-0.4, -0.2) is 54.4 Å². The molecule has 0 bridgehead atoms. The number of aliphatic hydroxyl groups is 1. The van der Waals surface area contributed by atoms with Crippen molar-refractivity contribution in [2.45, 2.75) is 45.3 Å². The van der Waals surface area contributed by atoms with Gasteiger partial charge in [0.15, 0.2) is 0 Å². The summed E-state index contributed by atoms with van der Waals surface area (Å²) in [6, 6.07) is -0.112. The highest BCUT2D eigenvalue weighted by atomic mass is 16.5. The summed E-state index contributed by atoms with van der Waals surface area (Å²) in [4.78, 5) is 24.5. The van der Waals surface area contributed by atoms with Crippen LogP contribution in [-0.2, 0) is 9.53 Å². The number of likely N-dealkylation sites (tertiary alicyclic amines) is 1. The molecule has 1 aliphatic heterocycles. The van der Waals surface area contributed by atoms with Crippen LogP contribution in [0.4, 0.5) is 4.79 Å². The summed E-state index contributed by atoms with van der Waals surface area (Å²) >= 11 is 0. The molecule has 3 unspecified atom stereocenters. The van der Waals surface area contributed by atoms with Gasteiger partial charge < -0.3 is 20.1 Å². The first-order chi connectivity index (χ1) is 8.96. The van der Waals surface area contributed by atoms with Gasteiger partial charge in [0.05, 0.1) is 19.3 Å². The smallest absolute Gasteiger partial charge is 0.407 e. The molecule has 2 N–H and O–H groups in total. The summed E-state index contributed by atoms with van der Waals surface area (Å²) in [6.45, 7) is 4.60. The van der Waals surface area contributed by atoms with Gasteiger partial charge in [0, 0.05) is 20.0 Å². The summed E-state index contributed by atoms with van der Waals surface area (Å²) in [7, 11) is 1.32. The average molecular weight is 272 g/mol. The van der Waals surface area contributed by atoms with Gasteiger partial charge in [-0.15, -0.1) is 0 Å². The van der Waals surface area contributed by atoms with Crippen molar-refractivity contribution >= 4 is 12.0 Å². The third-order valence-corrected chi connectivity index (χ3v) is 3.57. The number of aliphatic hydroxyl groups excluding tert-OH is 1. The highest BCUT2D eigenvalue weighted by Crippen LogP contribution is 2.22. The molecule has 1 aliphatic rings. The van der Waals surface area contributed by atoms with Crippen molar-refractivity contribution in [3.05, 3.63) is 0 Å². The lowest BCUT2D eigenvalue weighted by Crippen LogP contribution is -2.52. The number of amides is 2. The molecule has 6 nitrogen and oxygen atoms in total. The Hall–Kier alpha value is -1.30. The Kier molecular flexibility index (Phi) is 6.08. The highest BCUT2D eigenvalue weighted by molar-refractivity contribution is 5.73. The summed E-state index contributed by atoms with van der Waals surface area (Å²) in [5.74, 6) is 0.196. The fourth-order valence-electron chi connectivity index (χ4n) is 2.51. The molecule has 3 atom stereocenters. The van der Waals surface area contributed by atoms with Crippen LogP contribution in [0.5, 0.6) is 0 Å². The van der Waals surface area contributed by atoms with Gasteiger partial charge >= 0.3 is 6.09 Å². The summed E-state index contributed by atoms with van der Waals surface area (Å²) < 4.78 is 4.58. The molecule has 0 aromatic carbocycles. The van der Waals surface area contributed by atoms with E-state index in [1.54, 1.807) is 4.90 Å². The third-order valence-electron chi connectivity index (χ3n) is 3.57. The first-order valence-corrected chi connectivity index (χ1v) is 6.74. The van der Waals surface area contributed by atoms with E-state index >= 15 is 0 Å². The quantitative estimate of drug-likeness (QED) is 0.791. The van der Waals surface area contributed by atoms with Crippen molar-refractivity contribution < 1.29 is 19.4 Å². The molecule has 1 fully saturated rings. The number of alkyl carbamates (subject to hydrolysis) is 1. The van der Waals surface area contributed by atoms with Gasteiger partial charge in [0.1, 0.15) is 0 Å². The molecule has 0 spiro atoms. The fraction of sp³-hybridized carbons (Fsp3) is 0.846. The Balaban J connectivity index is 2.62. The molecule has 110 valence electrons. The van der Waals surface area contributed by atoms with Gasteiger partial charge in [-0.1, -0.05) is 6.92 Å². The zero-order valence-electron chi connectivity index (χ0n) is 11.9. The monoisotopic (exact) mass is 272 g/mol. The molecule has 19 heavy (non-hydrogen) atoms. The van der Waals surface area contributed by atoms with Crippen molar-refractivity contribution in [3.8, 4) is 0 Å². The second-order valence-corrected chi connectivity index (χ2v) is 5.16. The van der Waals surface area contributed by atoms with Crippen molar-refractivity contribution in [1.82, 2.24) is 10.2 Å². The van der Waals surface area contributed by atoms with E-state index < -0.39 is 6.09 Å². The van der Waals surface area contributed by atoms with E-state index in [4.69, 9.17) is 0 Å². The van der Waals surface area contributed by atoms with Gasteiger partial charge in [-0.3, -0.25) is 4.79 Å². The second kappa shape index (κ2) is 7.33. The maximum atomic E-state index is 11.5. The largest absolute Gasteiger partial charge is 0.453 e. The van der Waals surface area contributed by atoms with Crippen molar-refractivity contribution in [3.63, 3.8) is 0 Å². The lowest BCUT2D eigenvalue weighted by Gasteiger charge is -2.38. The molecule has 1 rings (SSSR count). The van der Waals surface area contributed by atoms with E-state index in [2.05, 4.69) is 10.1 Å². The Morgan fingerprint density at radius 2 is 2.16 bits per heavy atom. The molecule has 1 saturated heterocycles. The second-order valence-electron chi connectivity index (χ2n) is 5.16. The predicted molar refractivity (Wildman–Crippen MR) is 70.6 cm³/mol. The van der Waals surface area contributed by atoms with Crippen LogP contribution < -0.4 is 5.32 Å². The number of nitrogens with zero attached hydrogens (tertiary/aromatic N) is 1. The first kappa shape index (κ1) is 15.8. The van der Waals surface area contributed by atoms with Crippen LogP contribution in [0.3, 0.4) is 0 Å². The minimum Gasteiger partial charge on any atom is -0.453 e. The number of methoxy groups -OCH3 is 1. The van der Waals surface area contributed by atoms with E-state index in [0.717, 1.165) is 6.42 Å². The number of carbonyl (C=O) groups is 2. The number of rotatable bonds is 4. The van der Waals surface area contributed by atoms with E-state index in [1.807, 2.05) is 6.92 Å². The number of carbonyl (C=O) groups excluding carboxylic acids is 2. The lowest BCUT2D eigenvalue weighted by atomic mass is 9.89. The van der Waals surface area contributed by atoms with Crippen molar-refractivity contribution in [1.29, 1.82) is 0 Å². The number of hydrogen-bond donors (Lipinski definition) is 2. The molecule has 0 aromatic heterocycles. The van der Waals surface area contributed by atoms with Crippen LogP contribution in [0.15, 0.2) is 0 Å². The Bertz CT molecular complexity index is 322. The standard InChI is InChI=1S/C13H24N2O4/c1-4-12(17)6-10-5-11(14-13(18)19-3)8-15(7-10)9(2)16/h10-12,17H,4-8H2,1-3H3,(H,14,18). The Morgan fingerprint density at radius 3 is 2.68 bits per heavy atom. The first-order valence-electron chi connectivity index (χ1n) is 6.74.